The molecular formula is C52H60O35. The van der Waals surface area contributed by atoms with Crippen molar-refractivity contribution in [2.24, 2.45) is 11.3 Å². The maximum Gasteiger partial charge on any atom is 0.305 e. The fourth-order valence-electron chi connectivity index (χ4n) is 8.36. The molecule has 4 aromatic carbocycles. The molecule has 1 aliphatic carbocycles. The number of hydrogen-bond acceptors (Lipinski definition) is 35. The Morgan fingerprint density at radius 2 is 0.885 bits per heavy atom. The summed E-state index contributed by atoms with van der Waals surface area (Å²) < 4.78 is 11.3. The first-order valence-electron chi connectivity index (χ1n) is 25.8. The van der Waals surface area contributed by atoms with E-state index in [1.165, 1.54) is 0 Å². The fourth-order valence-corrected chi connectivity index (χ4v) is 8.36. The Morgan fingerprint density at radius 3 is 1.39 bits per heavy atom. The zero-order chi connectivity index (χ0) is 62.0. The highest BCUT2D eigenvalue weighted by Gasteiger charge is 2.38. The number of carbonyl (C=O) groups excluding carboxylic acids is 6. The number of ketones is 4. The van der Waals surface area contributed by atoms with Gasteiger partial charge in [-0.1, -0.05) is 103 Å². The van der Waals surface area contributed by atoms with Gasteiger partial charge in [0.25, 0.3) is 0 Å². The summed E-state index contributed by atoms with van der Waals surface area (Å²) in [7, 11) is 2.13. The second-order valence-corrected chi connectivity index (χ2v) is 18.1. The number of ether oxygens (including phenoxy) is 2. The highest BCUT2D eigenvalue weighted by Crippen LogP contribution is 2.44. The van der Waals surface area contributed by atoms with Crippen molar-refractivity contribution in [2.45, 2.75) is 89.6 Å². The van der Waals surface area contributed by atoms with E-state index in [0.717, 1.165) is 47.6 Å². The van der Waals surface area contributed by atoms with Gasteiger partial charge in [-0.3, -0.25) is 28.8 Å². The van der Waals surface area contributed by atoms with Crippen molar-refractivity contribution >= 4 is 35.1 Å². The van der Waals surface area contributed by atoms with Gasteiger partial charge in [-0.2, -0.15) is 0 Å². The summed E-state index contributed by atoms with van der Waals surface area (Å²) in [4.78, 5) is 98.3. The summed E-state index contributed by atoms with van der Waals surface area (Å²) in [6.45, 7) is -2.47. The molecule has 0 amide bonds. The van der Waals surface area contributed by atoms with Crippen molar-refractivity contribution in [1.29, 1.82) is 0 Å². The van der Waals surface area contributed by atoms with E-state index in [4.69, 9.17) is 19.2 Å². The first-order valence-corrected chi connectivity index (χ1v) is 25.8. The lowest BCUT2D eigenvalue weighted by Crippen LogP contribution is -2.40. The molecule has 1 N–H and O–H groups in total. The third-order valence-electron chi connectivity index (χ3n) is 12.2. The number of fused-ring (bicyclic) bond motifs is 3. The number of rotatable bonds is 53. The number of carbonyl (C=O) groups is 6. The summed E-state index contributed by atoms with van der Waals surface area (Å²) in [5.74, 6) is -3.83. The molecule has 5 rings (SSSR count). The molecule has 0 heterocycles. The molecule has 0 saturated heterocycles. The molecule has 0 aliphatic heterocycles. The minimum atomic E-state index is -1.85. The third-order valence-corrected chi connectivity index (χ3v) is 12.2. The van der Waals surface area contributed by atoms with E-state index in [2.05, 4.69) is 121 Å². The van der Waals surface area contributed by atoms with E-state index in [1.807, 2.05) is 60.7 Å². The van der Waals surface area contributed by atoms with E-state index >= 15 is 0 Å². The van der Waals surface area contributed by atoms with Crippen LogP contribution in [0.4, 0.5) is 0 Å². The number of aliphatic hydroxyl groups is 1. The normalized spacial score (nSPS) is 12.4. The van der Waals surface area contributed by atoms with E-state index < -0.39 is 55.3 Å². The first kappa shape index (κ1) is 71.2. The largest absolute Gasteiger partial charge is 0.465 e. The number of hydrogen-bond donors (Lipinski definition) is 1. The van der Waals surface area contributed by atoms with Gasteiger partial charge in [0, 0.05) is 69.6 Å². The molecule has 478 valence electrons. The van der Waals surface area contributed by atoms with Gasteiger partial charge in [0.05, 0.1) is 39.5 Å². The lowest BCUT2D eigenvalue weighted by atomic mass is 9.84. The van der Waals surface area contributed by atoms with Crippen molar-refractivity contribution in [2.75, 3.05) is 40.6 Å². The molecule has 0 aromatic heterocycles. The summed E-state index contributed by atoms with van der Waals surface area (Å²) in [6, 6.07) is 31.5. The Morgan fingerprint density at radius 1 is 0.437 bits per heavy atom. The molecule has 0 bridgehead atoms. The van der Waals surface area contributed by atoms with Gasteiger partial charge >= 0.3 is 11.9 Å². The van der Waals surface area contributed by atoms with Crippen LogP contribution in [0.5, 0.6) is 0 Å². The van der Waals surface area contributed by atoms with Crippen molar-refractivity contribution in [1.82, 2.24) is 0 Å². The predicted octanol–water partition coefficient (Wildman–Crippen LogP) is 6.29. The maximum absolute atomic E-state index is 13.8. The molecule has 1 atom stereocenters. The Balaban J connectivity index is 1.17. The monoisotopic (exact) mass is 1240 g/mol. The minimum Gasteiger partial charge on any atom is -0.465 e. The zero-order valence-electron chi connectivity index (χ0n) is 46.3. The lowest BCUT2D eigenvalue weighted by molar-refractivity contribution is -0.870. The Bertz CT molecular complexity index is 2530. The molecule has 87 heavy (non-hydrogen) atoms. The number of Topliss-reactive ketones (excluding diaryl/α,β-unsaturated/α-hetero) is 4. The van der Waals surface area contributed by atoms with E-state index in [1.54, 1.807) is 42.5 Å². The van der Waals surface area contributed by atoms with Crippen LogP contribution in [0.2, 0.25) is 0 Å². The van der Waals surface area contributed by atoms with E-state index in [-0.39, 0.29) is 107 Å². The molecule has 0 spiro atoms. The second-order valence-electron chi connectivity index (χ2n) is 18.1. The molecule has 0 fully saturated rings. The summed E-state index contributed by atoms with van der Waals surface area (Å²) >= 11 is 0. The third kappa shape index (κ3) is 28.9. The SMILES string of the molecule is COOOOOOOOOOOOOCC(COOOOOOOOOOOOOC)(COC(=O)CCCC(=O)CC(Cc1ccccc1)C(=O)CCC(=O)Cc1ccc(CO)cc1)CC(=O)CCCC(=O)OCC1c2ccccc2-c2ccccc21. The Labute approximate surface area is 491 Å². The number of aliphatic hydroxyl groups excluding tert-OH is 1. The van der Waals surface area contributed by atoms with Crippen molar-refractivity contribution in [3.63, 3.8) is 0 Å². The van der Waals surface area contributed by atoms with Gasteiger partial charge in [0.1, 0.15) is 36.3 Å². The van der Waals surface area contributed by atoms with Crippen LogP contribution < -0.4 is 0 Å². The van der Waals surface area contributed by atoms with Crippen LogP contribution in [0.15, 0.2) is 103 Å². The highest BCUT2D eigenvalue weighted by molar-refractivity contribution is 5.91. The highest BCUT2D eigenvalue weighted by atomic mass is 18.0. The van der Waals surface area contributed by atoms with Crippen LogP contribution in [0.3, 0.4) is 0 Å². The zero-order valence-corrected chi connectivity index (χ0v) is 46.3. The standard InChI is InChI=1S/C52H60O35/c1-60-66-70-74-78-82-86-84-80-76-72-68-64-35-52(36-65-69-73-77-81-85-87-83-79-75-71-67-61-2,31-43(56)15-11-20-50(58)62-33-48-46-18-8-6-16-44(46)45-17-7-9-19-47(45)48)34-63-51(59)21-10-14-41(54)30-40(28-37-12-4-3-5-13-37)49(57)27-26-42(55)29-38-22-24-39(32-53)25-23-38/h3-9,12-13,16-19,22-25,40,48,53H,10-11,14-15,20-21,26-36H2,1-2H3. The minimum absolute atomic E-state index is 0.0118. The van der Waals surface area contributed by atoms with Gasteiger partial charge in [0.2, 0.25) is 0 Å². The quantitative estimate of drug-likeness (QED) is 0.0219. The van der Waals surface area contributed by atoms with Gasteiger partial charge in [-0.25, -0.2) is 19.6 Å². The van der Waals surface area contributed by atoms with Gasteiger partial charge < -0.3 is 14.6 Å². The van der Waals surface area contributed by atoms with Gasteiger partial charge in [0.15, 0.2) is 0 Å². The molecule has 4 aromatic rings. The lowest BCUT2D eigenvalue weighted by Gasteiger charge is -2.30. The van der Waals surface area contributed by atoms with Gasteiger partial charge in [-0.15, -0.1) is 0 Å². The molecular weight excluding hydrogens is 1180 g/mol. The number of benzene rings is 4. The molecule has 1 aliphatic rings. The maximum atomic E-state index is 13.8. The van der Waals surface area contributed by atoms with Crippen molar-refractivity contribution in [3.05, 3.63) is 131 Å². The summed E-state index contributed by atoms with van der Waals surface area (Å²) in [6.07, 6.45) is -1.62. The average Bonchev–Trinajstić information content (AvgIpc) is 2.18. The predicted molar refractivity (Wildman–Crippen MR) is 264 cm³/mol. The topological polar surface area (TPSA) is 381 Å². The molecule has 35 heteroatoms. The molecule has 0 radical (unpaired) electrons. The van der Waals surface area contributed by atoms with Crippen LogP contribution in [-0.4, -0.2) is 80.8 Å². The second kappa shape index (κ2) is 43.1. The van der Waals surface area contributed by atoms with Gasteiger partial charge in [-0.05, 0) is 169 Å². The van der Waals surface area contributed by atoms with Crippen LogP contribution in [0.1, 0.15) is 97.9 Å². The Kier molecular flexibility index (Phi) is 35.3. The van der Waals surface area contributed by atoms with Crippen LogP contribution in [0.25, 0.3) is 11.1 Å². The van der Waals surface area contributed by atoms with Crippen LogP contribution >= 0.6 is 0 Å². The molecule has 35 nitrogen and oxygen atoms in total. The Hall–Kier alpha value is -6.58. The number of esters is 2. The van der Waals surface area contributed by atoms with Crippen molar-refractivity contribution < 1.29 is 174 Å². The average molecular weight is 1250 g/mol. The van der Waals surface area contributed by atoms with E-state index in [0.29, 0.717) is 5.56 Å². The summed E-state index contributed by atoms with van der Waals surface area (Å²) in [5, 5.41) is 95.5. The van der Waals surface area contributed by atoms with E-state index in [9.17, 15) is 33.9 Å². The fraction of sp³-hybridized carbons (Fsp3) is 0.423. The molecule has 0 saturated carbocycles. The van der Waals surface area contributed by atoms with Crippen LogP contribution in [0, 0.1) is 11.3 Å². The smallest absolute Gasteiger partial charge is 0.305 e. The van der Waals surface area contributed by atoms with Crippen molar-refractivity contribution in [3.8, 4) is 11.1 Å². The molecule has 1 unspecified atom stereocenters. The summed E-state index contributed by atoms with van der Waals surface area (Å²) in [5.41, 5.74) is 4.43. The van der Waals surface area contributed by atoms with Crippen LogP contribution in [-0.2, 0) is 188 Å². The first-order chi connectivity index (χ1) is 42.5.